The number of piperazine rings is 1. The molecular formula is C15H20FN3O2. The minimum Gasteiger partial charge on any atom is -0.314 e. The Morgan fingerprint density at radius 1 is 1.38 bits per heavy atom. The molecule has 0 spiro atoms. The molecule has 0 aromatic heterocycles. The number of nitrogens with one attached hydrogen (secondary N) is 1. The zero-order chi connectivity index (χ0) is 14.8. The largest absolute Gasteiger partial charge is 0.314 e. The van der Waals surface area contributed by atoms with Gasteiger partial charge in [0.05, 0.1) is 4.92 Å². The van der Waals surface area contributed by atoms with Gasteiger partial charge in [-0.15, -0.1) is 0 Å². The van der Waals surface area contributed by atoms with Gasteiger partial charge in [0.15, 0.2) is 0 Å². The number of nitrogens with zero attached hydrogens (tertiary/aromatic N) is 2. The van der Waals surface area contributed by atoms with Crippen molar-refractivity contribution in [3.63, 3.8) is 0 Å². The number of benzene rings is 1. The average Bonchev–Trinajstić information content (AvgIpc) is 3.30. The van der Waals surface area contributed by atoms with Gasteiger partial charge in [-0.05, 0) is 24.0 Å². The van der Waals surface area contributed by atoms with Crippen LogP contribution in [0.3, 0.4) is 0 Å². The summed E-state index contributed by atoms with van der Waals surface area (Å²) in [5.74, 6) is -0.0387. The van der Waals surface area contributed by atoms with Crippen molar-refractivity contribution < 1.29 is 9.31 Å². The predicted octanol–water partition coefficient (Wildman–Crippen LogP) is 2.48. The molecule has 3 rings (SSSR count). The summed E-state index contributed by atoms with van der Waals surface area (Å²) in [4.78, 5) is 12.7. The smallest absolute Gasteiger partial charge is 0.305 e. The molecule has 1 saturated heterocycles. The van der Waals surface area contributed by atoms with E-state index in [1.807, 2.05) is 0 Å². The van der Waals surface area contributed by atoms with E-state index in [0.717, 1.165) is 38.2 Å². The third-order valence-electron chi connectivity index (χ3n) is 4.40. The van der Waals surface area contributed by atoms with E-state index in [1.165, 1.54) is 25.0 Å². The van der Waals surface area contributed by atoms with Crippen LogP contribution in [-0.2, 0) is 0 Å². The molecule has 114 valence electrons. The normalized spacial score (nSPS) is 21.2. The van der Waals surface area contributed by atoms with Crippen LogP contribution < -0.4 is 5.32 Å². The molecule has 1 heterocycles. The van der Waals surface area contributed by atoms with Crippen molar-refractivity contribution in [2.45, 2.75) is 25.3 Å². The van der Waals surface area contributed by atoms with Crippen molar-refractivity contribution >= 4 is 5.69 Å². The number of halogens is 1. The molecule has 1 N–H and O–H groups in total. The zero-order valence-electron chi connectivity index (χ0n) is 11.9. The van der Waals surface area contributed by atoms with E-state index < -0.39 is 16.4 Å². The van der Waals surface area contributed by atoms with E-state index in [-0.39, 0.29) is 6.04 Å². The maximum atomic E-state index is 13.5. The summed E-state index contributed by atoms with van der Waals surface area (Å²) in [6.45, 7) is 3.74. The fourth-order valence-corrected chi connectivity index (χ4v) is 3.04. The average molecular weight is 293 g/mol. The minimum atomic E-state index is -0.755. The first-order chi connectivity index (χ1) is 10.1. The first-order valence-electron chi connectivity index (χ1n) is 7.54. The van der Waals surface area contributed by atoms with E-state index in [4.69, 9.17) is 0 Å². The fourth-order valence-electron chi connectivity index (χ4n) is 3.04. The van der Waals surface area contributed by atoms with Crippen LogP contribution in [0.4, 0.5) is 10.1 Å². The Bertz CT molecular complexity index is 528. The Hall–Kier alpha value is -1.53. The minimum absolute atomic E-state index is 0.166. The standard InChI is InChI=1S/C15H20FN3O2/c16-13-4-3-12(10-15(13)19(20)21)14(9-11-1-2-11)18-7-5-17-6-8-18/h3-4,10-11,14,17H,1-2,5-9H2/t14-/m1/s1. The summed E-state index contributed by atoms with van der Waals surface area (Å²) >= 11 is 0. The van der Waals surface area contributed by atoms with Crippen molar-refractivity contribution in [2.75, 3.05) is 26.2 Å². The second-order valence-corrected chi connectivity index (χ2v) is 5.95. The molecule has 0 unspecified atom stereocenters. The molecule has 1 saturated carbocycles. The Morgan fingerprint density at radius 3 is 2.71 bits per heavy atom. The van der Waals surface area contributed by atoms with Gasteiger partial charge < -0.3 is 5.32 Å². The molecule has 1 aliphatic carbocycles. The number of rotatable bonds is 5. The molecule has 1 aliphatic heterocycles. The maximum Gasteiger partial charge on any atom is 0.305 e. The van der Waals surface area contributed by atoms with Crippen molar-refractivity contribution in [1.82, 2.24) is 10.2 Å². The van der Waals surface area contributed by atoms with Crippen LogP contribution in [0.15, 0.2) is 18.2 Å². The molecule has 0 radical (unpaired) electrons. The summed E-state index contributed by atoms with van der Waals surface area (Å²) in [5, 5.41) is 14.3. The number of hydrogen-bond donors (Lipinski definition) is 1. The van der Waals surface area contributed by atoms with Gasteiger partial charge in [-0.3, -0.25) is 15.0 Å². The van der Waals surface area contributed by atoms with Crippen LogP contribution in [-0.4, -0.2) is 36.0 Å². The third-order valence-corrected chi connectivity index (χ3v) is 4.40. The first kappa shape index (κ1) is 14.4. The number of nitro benzene ring substituents is 1. The highest BCUT2D eigenvalue weighted by atomic mass is 19.1. The van der Waals surface area contributed by atoms with Crippen LogP contribution >= 0.6 is 0 Å². The fraction of sp³-hybridized carbons (Fsp3) is 0.600. The van der Waals surface area contributed by atoms with Crippen molar-refractivity contribution in [2.24, 2.45) is 5.92 Å². The molecule has 2 fully saturated rings. The van der Waals surface area contributed by atoms with Gasteiger partial charge in [-0.2, -0.15) is 4.39 Å². The Labute approximate surface area is 123 Å². The Morgan fingerprint density at radius 2 is 2.10 bits per heavy atom. The molecular weight excluding hydrogens is 273 g/mol. The van der Waals surface area contributed by atoms with Gasteiger partial charge in [0.25, 0.3) is 0 Å². The lowest BCUT2D eigenvalue weighted by Gasteiger charge is -2.35. The quantitative estimate of drug-likeness (QED) is 0.669. The third kappa shape index (κ3) is 3.39. The van der Waals surface area contributed by atoms with Crippen molar-refractivity contribution in [3.05, 3.63) is 39.7 Å². The van der Waals surface area contributed by atoms with Gasteiger partial charge in [0.1, 0.15) is 0 Å². The van der Waals surface area contributed by atoms with E-state index in [9.17, 15) is 14.5 Å². The lowest BCUT2D eigenvalue weighted by Crippen LogP contribution is -2.45. The zero-order valence-corrected chi connectivity index (χ0v) is 11.9. The molecule has 21 heavy (non-hydrogen) atoms. The van der Waals surface area contributed by atoms with Crippen molar-refractivity contribution in [3.8, 4) is 0 Å². The van der Waals surface area contributed by atoms with E-state index in [0.29, 0.717) is 5.92 Å². The second-order valence-electron chi connectivity index (χ2n) is 5.95. The summed E-state index contributed by atoms with van der Waals surface area (Å²) in [5.41, 5.74) is 0.459. The molecule has 5 nitrogen and oxygen atoms in total. The molecule has 1 aromatic carbocycles. The van der Waals surface area contributed by atoms with Crippen LogP contribution in [0.2, 0.25) is 0 Å². The summed E-state index contributed by atoms with van der Waals surface area (Å²) < 4.78 is 13.5. The Balaban J connectivity index is 1.87. The molecule has 1 atom stereocenters. The van der Waals surface area contributed by atoms with E-state index >= 15 is 0 Å². The van der Waals surface area contributed by atoms with E-state index in [2.05, 4.69) is 10.2 Å². The lowest BCUT2D eigenvalue weighted by molar-refractivity contribution is -0.387. The van der Waals surface area contributed by atoms with E-state index in [1.54, 1.807) is 6.07 Å². The summed E-state index contributed by atoms with van der Waals surface area (Å²) in [7, 11) is 0. The van der Waals surface area contributed by atoms with Crippen LogP contribution in [0, 0.1) is 21.8 Å². The monoisotopic (exact) mass is 293 g/mol. The van der Waals surface area contributed by atoms with Gasteiger partial charge in [0, 0.05) is 38.3 Å². The first-order valence-corrected chi connectivity index (χ1v) is 7.54. The molecule has 0 bridgehead atoms. The highest BCUT2D eigenvalue weighted by Crippen LogP contribution is 2.40. The number of nitro groups is 1. The summed E-state index contributed by atoms with van der Waals surface area (Å²) in [6, 6.07) is 4.52. The second kappa shape index (κ2) is 6.07. The van der Waals surface area contributed by atoms with Crippen LogP contribution in [0.1, 0.15) is 30.9 Å². The summed E-state index contributed by atoms with van der Waals surface area (Å²) in [6.07, 6.45) is 3.50. The highest BCUT2D eigenvalue weighted by molar-refractivity contribution is 5.37. The number of hydrogen-bond acceptors (Lipinski definition) is 4. The van der Waals surface area contributed by atoms with Gasteiger partial charge in [-0.25, -0.2) is 0 Å². The highest BCUT2D eigenvalue weighted by Gasteiger charge is 2.31. The molecule has 2 aliphatic rings. The van der Waals surface area contributed by atoms with Crippen molar-refractivity contribution in [1.29, 1.82) is 0 Å². The molecule has 0 amide bonds. The Kier molecular flexibility index (Phi) is 4.17. The van der Waals surface area contributed by atoms with Crippen LogP contribution in [0.5, 0.6) is 0 Å². The predicted molar refractivity (Wildman–Crippen MR) is 77.6 cm³/mol. The van der Waals surface area contributed by atoms with Gasteiger partial charge >= 0.3 is 5.69 Å². The van der Waals surface area contributed by atoms with Gasteiger partial charge in [-0.1, -0.05) is 18.9 Å². The molecule has 6 heteroatoms. The maximum absolute atomic E-state index is 13.5. The SMILES string of the molecule is O=[N+]([O-])c1cc([C@@H](CC2CC2)N2CCNCC2)ccc1F. The molecule has 1 aromatic rings. The van der Waals surface area contributed by atoms with Gasteiger partial charge in [0.2, 0.25) is 5.82 Å². The van der Waals surface area contributed by atoms with Crippen LogP contribution in [0.25, 0.3) is 0 Å². The lowest BCUT2D eigenvalue weighted by atomic mass is 9.98. The topological polar surface area (TPSA) is 58.4 Å².